The summed E-state index contributed by atoms with van der Waals surface area (Å²) in [5.74, 6) is 0.267. The lowest BCUT2D eigenvalue weighted by molar-refractivity contribution is 0.167. The molecule has 0 aromatic heterocycles. The van der Waals surface area contributed by atoms with Gasteiger partial charge in [0.05, 0.1) is 6.10 Å². The Bertz CT molecular complexity index is 245. The normalized spacial score (nSPS) is 23.6. The van der Waals surface area contributed by atoms with Crippen molar-refractivity contribution in [3.63, 3.8) is 0 Å². The molecule has 72 valence electrons. The number of alkyl halides is 1. The number of hydrogen-bond acceptors (Lipinski definition) is 3. The highest BCUT2D eigenvalue weighted by Gasteiger charge is 2.39. The molecule has 12 heavy (non-hydrogen) atoms. The van der Waals surface area contributed by atoms with Crippen molar-refractivity contribution in [1.82, 2.24) is 0 Å². The van der Waals surface area contributed by atoms with Crippen LogP contribution in [0.25, 0.3) is 0 Å². The van der Waals surface area contributed by atoms with Crippen molar-refractivity contribution >= 4 is 25.8 Å². The van der Waals surface area contributed by atoms with Crippen molar-refractivity contribution in [3.8, 4) is 0 Å². The monoisotopic (exact) mass is 256 g/mol. The summed E-state index contributed by atoms with van der Waals surface area (Å²) in [5, 5.41) is 9.50. The van der Waals surface area contributed by atoms with Crippen LogP contribution in [0.15, 0.2) is 0 Å². The van der Waals surface area contributed by atoms with Crippen molar-refractivity contribution in [2.45, 2.75) is 30.0 Å². The van der Waals surface area contributed by atoms with Crippen LogP contribution in [0.3, 0.4) is 0 Å². The fourth-order valence-electron chi connectivity index (χ4n) is 1.02. The molecule has 1 fully saturated rings. The van der Waals surface area contributed by atoms with Crippen LogP contribution in [0.4, 0.5) is 0 Å². The van der Waals surface area contributed by atoms with E-state index >= 15 is 0 Å². The Balaban J connectivity index is 2.62. The highest BCUT2D eigenvalue weighted by molar-refractivity contribution is 9.11. The number of aliphatic hydroxyl groups excluding tert-OH is 1. The molecule has 0 aliphatic heterocycles. The summed E-state index contributed by atoms with van der Waals surface area (Å²) < 4.78 is 21.8. The quantitative estimate of drug-likeness (QED) is 0.762. The summed E-state index contributed by atoms with van der Waals surface area (Å²) in [7, 11) is -3.14. The molecule has 1 aliphatic rings. The molecule has 0 heterocycles. The number of hydrogen-bond donors (Lipinski definition) is 1. The second-order valence-corrected chi connectivity index (χ2v) is 7.13. The van der Waals surface area contributed by atoms with Gasteiger partial charge in [-0.3, -0.25) is 0 Å². The predicted molar refractivity (Wildman–Crippen MR) is 50.9 cm³/mol. The van der Waals surface area contributed by atoms with Crippen molar-refractivity contribution in [2.24, 2.45) is 5.92 Å². The second kappa shape index (κ2) is 3.64. The molecule has 5 heteroatoms. The zero-order chi connectivity index (χ0) is 9.35. The maximum atomic E-state index is 11.3. The first-order chi connectivity index (χ1) is 5.49. The van der Waals surface area contributed by atoms with Crippen LogP contribution in [-0.4, -0.2) is 29.5 Å². The van der Waals surface area contributed by atoms with Crippen LogP contribution in [-0.2, 0) is 9.84 Å². The van der Waals surface area contributed by atoms with E-state index in [9.17, 15) is 13.5 Å². The Morgan fingerprint density at radius 1 is 1.58 bits per heavy atom. The molecule has 1 saturated carbocycles. The fraction of sp³-hybridized carbons (Fsp3) is 1.00. The first kappa shape index (κ1) is 10.5. The lowest BCUT2D eigenvalue weighted by Crippen LogP contribution is -2.31. The molecule has 0 radical (unpaired) electrons. The van der Waals surface area contributed by atoms with Gasteiger partial charge >= 0.3 is 0 Å². The van der Waals surface area contributed by atoms with E-state index in [4.69, 9.17) is 0 Å². The van der Waals surface area contributed by atoms with E-state index in [0.717, 1.165) is 12.8 Å². The van der Waals surface area contributed by atoms with Gasteiger partial charge in [-0.05, 0) is 18.8 Å². The van der Waals surface area contributed by atoms with Gasteiger partial charge in [0.25, 0.3) is 0 Å². The number of halogens is 1. The van der Waals surface area contributed by atoms with E-state index in [1.807, 2.05) is 0 Å². The predicted octanol–water partition coefficient (Wildman–Crippen LogP) is 0.913. The van der Waals surface area contributed by atoms with E-state index in [1.165, 1.54) is 0 Å². The summed E-state index contributed by atoms with van der Waals surface area (Å²) in [5.41, 5.74) is 0. The minimum Gasteiger partial charge on any atom is -0.391 e. The molecule has 1 N–H and O–H groups in total. The molecule has 0 spiro atoms. The van der Waals surface area contributed by atoms with Gasteiger partial charge in [0, 0.05) is 5.75 Å². The maximum Gasteiger partial charge on any atom is 0.165 e. The van der Waals surface area contributed by atoms with Gasteiger partial charge in [-0.15, -0.1) is 0 Å². The van der Waals surface area contributed by atoms with Crippen LogP contribution in [0, 0.1) is 5.92 Å². The molecule has 0 saturated heterocycles. The molecule has 0 bridgehead atoms. The Kier molecular flexibility index (Phi) is 3.17. The van der Waals surface area contributed by atoms with Crippen molar-refractivity contribution in [2.75, 3.05) is 5.75 Å². The third kappa shape index (κ3) is 2.20. The average Bonchev–Trinajstić information content (AvgIpc) is 2.84. The highest BCUT2D eigenvalue weighted by atomic mass is 79.9. The van der Waals surface area contributed by atoms with E-state index in [0.29, 0.717) is 0 Å². The summed E-state index contributed by atoms with van der Waals surface area (Å²) in [6.45, 7) is 1.59. The molecule has 2 atom stereocenters. The van der Waals surface area contributed by atoms with Gasteiger partial charge in [-0.1, -0.05) is 22.9 Å². The summed E-state index contributed by atoms with van der Waals surface area (Å²) in [6, 6.07) is 0. The molecular formula is C7H13BrO3S. The van der Waals surface area contributed by atoms with E-state index in [-0.39, 0.29) is 11.7 Å². The maximum absolute atomic E-state index is 11.3. The van der Waals surface area contributed by atoms with Crippen LogP contribution < -0.4 is 0 Å². The van der Waals surface area contributed by atoms with E-state index in [1.54, 1.807) is 6.92 Å². The summed E-state index contributed by atoms with van der Waals surface area (Å²) in [6.07, 6.45) is 1.17. The van der Waals surface area contributed by atoms with Gasteiger partial charge in [0.2, 0.25) is 0 Å². The van der Waals surface area contributed by atoms with E-state index < -0.39 is 20.1 Å². The zero-order valence-electron chi connectivity index (χ0n) is 6.90. The minimum absolute atomic E-state index is 0.0761. The molecule has 0 aromatic carbocycles. The fourth-order valence-corrected chi connectivity index (χ4v) is 3.21. The van der Waals surface area contributed by atoms with Crippen LogP contribution in [0.2, 0.25) is 0 Å². The molecule has 2 unspecified atom stereocenters. The third-order valence-electron chi connectivity index (χ3n) is 2.12. The van der Waals surface area contributed by atoms with Crippen LogP contribution in [0.5, 0.6) is 0 Å². The Hall–Kier alpha value is 0.390. The minimum atomic E-state index is -3.14. The zero-order valence-corrected chi connectivity index (χ0v) is 9.31. The van der Waals surface area contributed by atoms with Crippen LogP contribution >= 0.6 is 15.9 Å². The number of sulfone groups is 1. The first-order valence-electron chi connectivity index (χ1n) is 4.02. The molecule has 1 aliphatic carbocycles. The van der Waals surface area contributed by atoms with Gasteiger partial charge < -0.3 is 5.11 Å². The summed E-state index contributed by atoms with van der Waals surface area (Å²) >= 11 is 3.03. The second-order valence-electron chi connectivity index (χ2n) is 3.13. The standard InChI is InChI=1S/C7H13BrO3S/c1-2-12(10,11)7(8)6(9)5-3-4-5/h5-7,9H,2-4H2,1H3. The summed E-state index contributed by atoms with van der Waals surface area (Å²) in [4.78, 5) is 0. The molecule has 0 amide bonds. The largest absolute Gasteiger partial charge is 0.391 e. The van der Waals surface area contributed by atoms with Gasteiger partial charge in [-0.25, -0.2) is 8.42 Å². The van der Waals surface area contributed by atoms with Crippen molar-refractivity contribution < 1.29 is 13.5 Å². The third-order valence-corrected chi connectivity index (χ3v) is 6.14. The first-order valence-corrected chi connectivity index (χ1v) is 6.66. The van der Waals surface area contributed by atoms with Crippen molar-refractivity contribution in [1.29, 1.82) is 0 Å². The molecular weight excluding hydrogens is 244 g/mol. The van der Waals surface area contributed by atoms with Gasteiger partial charge in [0.1, 0.15) is 4.16 Å². The van der Waals surface area contributed by atoms with Gasteiger partial charge in [0.15, 0.2) is 9.84 Å². The van der Waals surface area contributed by atoms with Crippen molar-refractivity contribution in [3.05, 3.63) is 0 Å². The Morgan fingerprint density at radius 3 is 2.42 bits per heavy atom. The van der Waals surface area contributed by atoms with Gasteiger partial charge in [-0.2, -0.15) is 0 Å². The molecule has 0 aromatic rings. The SMILES string of the molecule is CCS(=O)(=O)C(Br)C(O)C1CC1. The Morgan fingerprint density at radius 2 is 2.08 bits per heavy atom. The number of aliphatic hydroxyl groups is 1. The smallest absolute Gasteiger partial charge is 0.165 e. The van der Waals surface area contributed by atoms with Crippen LogP contribution in [0.1, 0.15) is 19.8 Å². The Labute approximate surface area is 81.2 Å². The lowest BCUT2D eigenvalue weighted by Gasteiger charge is -2.15. The van der Waals surface area contributed by atoms with E-state index in [2.05, 4.69) is 15.9 Å². The average molecular weight is 257 g/mol. The number of rotatable bonds is 4. The highest BCUT2D eigenvalue weighted by Crippen LogP contribution is 2.37. The molecule has 1 rings (SSSR count). The lowest BCUT2D eigenvalue weighted by atomic mass is 10.3. The molecule has 3 nitrogen and oxygen atoms in total. The topological polar surface area (TPSA) is 54.4 Å².